The van der Waals surface area contributed by atoms with Crippen LogP contribution >= 0.6 is 0 Å². The van der Waals surface area contributed by atoms with Crippen molar-refractivity contribution in [2.75, 3.05) is 38.3 Å². The van der Waals surface area contributed by atoms with Gasteiger partial charge < -0.3 is 19.3 Å². The van der Waals surface area contributed by atoms with E-state index in [0.717, 1.165) is 38.3 Å². The Kier molecular flexibility index (Phi) is 6.35. The summed E-state index contributed by atoms with van der Waals surface area (Å²) in [6, 6.07) is 15.9. The van der Waals surface area contributed by atoms with Crippen LogP contribution in [0, 0.1) is 0 Å². The van der Waals surface area contributed by atoms with Crippen LogP contribution in [0.4, 0.5) is 5.69 Å². The van der Waals surface area contributed by atoms with Crippen molar-refractivity contribution in [2.24, 2.45) is 0 Å². The second-order valence-electron chi connectivity index (χ2n) is 7.96. The van der Waals surface area contributed by atoms with E-state index < -0.39 is 0 Å². The van der Waals surface area contributed by atoms with Crippen LogP contribution < -0.4 is 9.64 Å². The van der Waals surface area contributed by atoms with Crippen molar-refractivity contribution in [3.63, 3.8) is 0 Å². The van der Waals surface area contributed by atoms with Crippen molar-refractivity contribution in [3.8, 4) is 5.75 Å². The number of ether oxygens (including phenoxy) is 2. The van der Waals surface area contributed by atoms with Crippen molar-refractivity contribution in [3.05, 3.63) is 59.7 Å². The molecule has 0 spiro atoms. The number of rotatable bonds is 7. The second kappa shape index (κ2) is 9.31. The normalized spacial score (nSPS) is 18.8. The fourth-order valence-electron chi connectivity index (χ4n) is 4.14. The Bertz CT molecular complexity index is 826. The third-order valence-corrected chi connectivity index (χ3v) is 5.73. The summed E-state index contributed by atoms with van der Waals surface area (Å²) < 4.78 is 11.5. The van der Waals surface area contributed by atoms with Crippen LogP contribution in [0.5, 0.6) is 5.75 Å². The Morgan fingerprint density at radius 3 is 2.76 bits per heavy atom. The Hall–Kier alpha value is -2.53. The average molecular weight is 395 g/mol. The quantitative estimate of drug-likeness (QED) is 0.709. The number of carbonyl (C=O) groups is 1. The van der Waals surface area contributed by atoms with E-state index >= 15 is 0 Å². The molecule has 0 bridgehead atoms. The summed E-state index contributed by atoms with van der Waals surface area (Å²) in [6.07, 6.45) is 4.77. The van der Waals surface area contributed by atoms with Crippen LogP contribution in [-0.2, 0) is 11.3 Å². The van der Waals surface area contributed by atoms with Gasteiger partial charge in [-0.1, -0.05) is 24.3 Å². The molecule has 1 atom stereocenters. The van der Waals surface area contributed by atoms with Crippen LogP contribution in [-0.4, -0.2) is 50.3 Å². The number of carbonyl (C=O) groups excluding carboxylic acids is 1. The Labute approximate surface area is 173 Å². The summed E-state index contributed by atoms with van der Waals surface area (Å²) in [6.45, 7) is 4.14. The highest BCUT2D eigenvalue weighted by Crippen LogP contribution is 2.26. The van der Waals surface area contributed by atoms with E-state index in [9.17, 15) is 4.79 Å². The maximum Gasteiger partial charge on any atom is 0.254 e. The summed E-state index contributed by atoms with van der Waals surface area (Å²) in [5, 5.41) is 0. The molecule has 0 aliphatic carbocycles. The molecule has 29 heavy (non-hydrogen) atoms. The first-order valence-electron chi connectivity index (χ1n) is 10.6. The van der Waals surface area contributed by atoms with Crippen LogP contribution in [0.3, 0.4) is 0 Å². The number of hydrogen-bond acceptors (Lipinski definition) is 4. The van der Waals surface area contributed by atoms with E-state index in [1.807, 2.05) is 37.4 Å². The zero-order valence-corrected chi connectivity index (χ0v) is 17.2. The predicted molar refractivity (Wildman–Crippen MR) is 115 cm³/mol. The standard InChI is InChI=1S/C24H30N2O3/c1-25(17-20-8-2-3-12-23(20)26-13-4-5-14-26)24(27)19-9-6-10-21(16-19)29-18-22-11-7-15-28-22/h2-3,6,8-10,12,16,22H,4-5,7,11,13-15,17-18H2,1H3. The lowest BCUT2D eigenvalue weighted by atomic mass is 10.1. The maximum atomic E-state index is 13.0. The van der Waals surface area contributed by atoms with Gasteiger partial charge in [0.05, 0.1) is 6.10 Å². The molecule has 5 heteroatoms. The van der Waals surface area contributed by atoms with Gasteiger partial charge in [-0.3, -0.25) is 4.79 Å². The molecule has 1 amide bonds. The Morgan fingerprint density at radius 1 is 1.14 bits per heavy atom. The van der Waals surface area contributed by atoms with Crippen molar-refractivity contribution in [2.45, 2.75) is 38.3 Å². The molecule has 0 radical (unpaired) electrons. The topological polar surface area (TPSA) is 42.0 Å². The highest BCUT2D eigenvalue weighted by atomic mass is 16.5. The summed E-state index contributed by atoms with van der Waals surface area (Å²) in [4.78, 5) is 17.2. The van der Waals surface area contributed by atoms with E-state index in [-0.39, 0.29) is 12.0 Å². The van der Waals surface area contributed by atoms with Crippen LogP contribution in [0.15, 0.2) is 48.5 Å². The SMILES string of the molecule is CN(Cc1ccccc1N1CCCC1)C(=O)c1cccc(OCC2CCCO2)c1. The summed E-state index contributed by atoms with van der Waals surface area (Å²) in [5.74, 6) is 0.723. The molecule has 0 saturated carbocycles. The van der Waals surface area contributed by atoms with E-state index in [0.29, 0.717) is 18.7 Å². The molecule has 2 aromatic carbocycles. The first kappa shape index (κ1) is 19.8. The summed E-state index contributed by atoms with van der Waals surface area (Å²) in [5.41, 5.74) is 3.09. The zero-order valence-electron chi connectivity index (χ0n) is 17.2. The Balaban J connectivity index is 1.41. The average Bonchev–Trinajstić information content (AvgIpc) is 3.46. The first-order chi connectivity index (χ1) is 14.2. The molecular weight excluding hydrogens is 364 g/mol. The van der Waals surface area contributed by atoms with Gasteiger partial charge in [-0.25, -0.2) is 0 Å². The molecule has 0 aromatic heterocycles. The van der Waals surface area contributed by atoms with Gasteiger partial charge in [0.25, 0.3) is 5.91 Å². The number of para-hydroxylation sites is 1. The second-order valence-corrected chi connectivity index (χ2v) is 7.96. The van der Waals surface area contributed by atoms with Gasteiger partial charge in [-0.15, -0.1) is 0 Å². The summed E-state index contributed by atoms with van der Waals surface area (Å²) >= 11 is 0. The Morgan fingerprint density at radius 2 is 1.97 bits per heavy atom. The molecule has 5 nitrogen and oxygen atoms in total. The van der Waals surface area contributed by atoms with E-state index in [1.165, 1.54) is 24.1 Å². The van der Waals surface area contributed by atoms with Crippen LogP contribution in [0.2, 0.25) is 0 Å². The fourth-order valence-corrected chi connectivity index (χ4v) is 4.14. The maximum absolute atomic E-state index is 13.0. The molecule has 2 fully saturated rings. The molecule has 2 heterocycles. The number of nitrogens with zero attached hydrogens (tertiary/aromatic N) is 2. The lowest BCUT2D eigenvalue weighted by molar-refractivity contribution is 0.0678. The molecule has 0 N–H and O–H groups in total. The van der Waals surface area contributed by atoms with E-state index in [4.69, 9.17) is 9.47 Å². The summed E-state index contributed by atoms with van der Waals surface area (Å²) in [7, 11) is 1.86. The third kappa shape index (κ3) is 4.91. The van der Waals surface area contributed by atoms with Crippen molar-refractivity contribution < 1.29 is 14.3 Å². The molecule has 2 aliphatic rings. The lowest BCUT2D eigenvalue weighted by Crippen LogP contribution is -2.28. The predicted octanol–water partition coefficient (Wildman–Crippen LogP) is 4.12. The number of hydrogen-bond donors (Lipinski definition) is 0. The first-order valence-corrected chi connectivity index (χ1v) is 10.6. The van der Waals surface area contributed by atoms with Gasteiger partial charge in [0.15, 0.2) is 0 Å². The minimum absolute atomic E-state index is 0.00351. The molecule has 154 valence electrons. The lowest BCUT2D eigenvalue weighted by Gasteiger charge is -2.24. The number of benzene rings is 2. The van der Waals surface area contributed by atoms with Gasteiger partial charge in [-0.2, -0.15) is 0 Å². The van der Waals surface area contributed by atoms with Gasteiger partial charge in [0.1, 0.15) is 12.4 Å². The largest absolute Gasteiger partial charge is 0.491 e. The monoisotopic (exact) mass is 394 g/mol. The van der Waals surface area contributed by atoms with Crippen molar-refractivity contribution in [1.29, 1.82) is 0 Å². The minimum Gasteiger partial charge on any atom is -0.491 e. The van der Waals surface area contributed by atoms with Gasteiger partial charge >= 0.3 is 0 Å². The molecule has 4 rings (SSSR count). The number of amides is 1. The van der Waals surface area contributed by atoms with Crippen LogP contribution in [0.1, 0.15) is 41.6 Å². The molecule has 1 unspecified atom stereocenters. The molecule has 2 aromatic rings. The van der Waals surface area contributed by atoms with Crippen LogP contribution in [0.25, 0.3) is 0 Å². The highest BCUT2D eigenvalue weighted by Gasteiger charge is 2.19. The van der Waals surface area contributed by atoms with Crippen molar-refractivity contribution in [1.82, 2.24) is 4.90 Å². The minimum atomic E-state index is 0.00351. The molecular formula is C24H30N2O3. The highest BCUT2D eigenvalue weighted by molar-refractivity contribution is 5.94. The fraction of sp³-hybridized carbons (Fsp3) is 0.458. The number of anilines is 1. The van der Waals surface area contributed by atoms with Gasteiger partial charge in [0.2, 0.25) is 0 Å². The third-order valence-electron chi connectivity index (χ3n) is 5.73. The van der Waals surface area contributed by atoms with E-state index in [1.54, 1.807) is 4.90 Å². The van der Waals surface area contributed by atoms with E-state index in [2.05, 4.69) is 23.1 Å². The molecule has 2 aliphatic heterocycles. The smallest absolute Gasteiger partial charge is 0.254 e. The van der Waals surface area contributed by atoms with Gasteiger partial charge in [0, 0.05) is 44.5 Å². The molecule has 2 saturated heterocycles. The zero-order chi connectivity index (χ0) is 20.1. The van der Waals surface area contributed by atoms with Gasteiger partial charge in [-0.05, 0) is 55.5 Å². The van der Waals surface area contributed by atoms with Crippen molar-refractivity contribution >= 4 is 11.6 Å².